The third-order valence-corrected chi connectivity index (χ3v) is 8.42. The van der Waals surface area contributed by atoms with Gasteiger partial charge in [0.1, 0.15) is 0 Å². The molecule has 0 N–H and O–H groups in total. The lowest BCUT2D eigenvalue weighted by atomic mass is 9.79. The smallest absolute Gasteiger partial charge is 0.224 e. The first-order valence-electron chi connectivity index (χ1n) is 13.4. The molecule has 0 spiro atoms. The monoisotopic (exact) mass is 446 g/mol. The van der Waals surface area contributed by atoms with Crippen molar-refractivity contribution in [3.63, 3.8) is 0 Å². The average Bonchev–Trinajstić information content (AvgIpc) is 3.48. The second kappa shape index (κ2) is 10.7. The van der Waals surface area contributed by atoms with Crippen LogP contribution in [0.1, 0.15) is 91.9 Å². The van der Waals surface area contributed by atoms with Crippen molar-refractivity contribution in [2.45, 2.75) is 103 Å². The predicted molar refractivity (Wildman–Crippen MR) is 128 cm³/mol. The normalized spacial score (nSPS) is 30.1. The molecule has 2 atom stereocenters. The summed E-state index contributed by atoms with van der Waals surface area (Å²) < 4.78 is 25.5. The van der Waals surface area contributed by atoms with E-state index in [2.05, 4.69) is 39.8 Å². The summed E-state index contributed by atoms with van der Waals surface area (Å²) >= 11 is 0. The van der Waals surface area contributed by atoms with Crippen LogP contribution in [-0.4, -0.2) is 38.0 Å². The molecule has 4 heteroatoms. The Morgan fingerprint density at radius 1 is 0.812 bits per heavy atom. The van der Waals surface area contributed by atoms with Crippen LogP contribution < -0.4 is 0 Å². The van der Waals surface area contributed by atoms with E-state index in [9.17, 15) is 0 Å². The molecule has 0 saturated carbocycles. The second-order valence-corrected chi connectivity index (χ2v) is 11.2. The van der Waals surface area contributed by atoms with Crippen molar-refractivity contribution >= 4 is 0 Å². The summed E-state index contributed by atoms with van der Waals surface area (Å²) in [6.45, 7) is 11.9. The number of allylic oxidation sites excluding steroid dienone is 4. The molecule has 2 heterocycles. The third-order valence-electron chi connectivity index (χ3n) is 8.42. The van der Waals surface area contributed by atoms with Crippen LogP contribution in [0.15, 0.2) is 23.3 Å². The van der Waals surface area contributed by atoms with Gasteiger partial charge in [0.05, 0.1) is 26.4 Å². The Bertz CT molecular complexity index is 665. The summed E-state index contributed by atoms with van der Waals surface area (Å²) in [7, 11) is 0. The van der Waals surface area contributed by atoms with E-state index in [1.807, 2.05) is 0 Å². The van der Waals surface area contributed by atoms with Gasteiger partial charge in [0.15, 0.2) is 0 Å². The van der Waals surface area contributed by atoms with Crippen LogP contribution in [0.2, 0.25) is 0 Å². The summed E-state index contributed by atoms with van der Waals surface area (Å²) in [5.74, 6) is 1.42. The molecular formula is C28H46O4. The predicted octanol–water partition coefficient (Wildman–Crippen LogP) is 6.80. The molecule has 182 valence electrons. The van der Waals surface area contributed by atoms with Crippen molar-refractivity contribution < 1.29 is 18.9 Å². The number of hydrogen-bond donors (Lipinski definition) is 0. The van der Waals surface area contributed by atoms with Gasteiger partial charge in [-0.1, -0.05) is 51.0 Å². The standard InChI is InChI=1S/C28H46O4/c1-21(2)25-9-5-7-23(19-25)11-13-27(29-15-16-30-27)28(31-17-18-32-28)14-12-24-8-6-10-26(20-24)22(3)4/h7,20-22,25-26H,5-6,8-19H2,1-4H3. The summed E-state index contributed by atoms with van der Waals surface area (Å²) in [6.07, 6.45) is 16.2. The molecule has 0 aromatic heterocycles. The molecule has 2 unspecified atom stereocenters. The largest absolute Gasteiger partial charge is 0.343 e. The van der Waals surface area contributed by atoms with Crippen LogP contribution >= 0.6 is 0 Å². The molecule has 4 aliphatic rings. The van der Waals surface area contributed by atoms with Gasteiger partial charge in [-0.25, -0.2) is 0 Å². The topological polar surface area (TPSA) is 36.9 Å². The van der Waals surface area contributed by atoms with Crippen molar-refractivity contribution in [3.05, 3.63) is 23.3 Å². The van der Waals surface area contributed by atoms with Gasteiger partial charge in [0.25, 0.3) is 0 Å². The lowest BCUT2D eigenvalue weighted by Gasteiger charge is -2.43. The minimum atomic E-state index is -0.776. The van der Waals surface area contributed by atoms with Crippen molar-refractivity contribution in [2.24, 2.45) is 23.7 Å². The molecule has 2 fully saturated rings. The van der Waals surface area contributed by atoms with Gasteiger partial charge in [-0.05, 0) is 75.0 Å². The highest BCUT2D eigenvalue weighted by Crippen LogP contribution is 2.47. The van der Waals surface area contributed by atoms with E-state index in [4.69, 9.17) is 18.9 Å². The van der Waals surface area contributed by atoms with Crippen LogP contribution in [0.5, 0.6) is 0 Å². The zero-order valence-corrected chi connectivity index (χ0v) is 21.0. The summed E-state index contributed by atoms with van der Waals surface area (Å²) in [6, 6.07) is 0. The van der Waals surface area contributed by atoms with Crippen LogP contribution in [0.25, 0.3) is 0 Å². The van der Waals surface area contributed by atoms with E-state index in [1.54, 1.807) is 11.1 Å². The second-order valence-electron chi connectivity index (χ2n) is 11.2. The minimum Gasteiger partial charge on any atom is -0.343 e. The Morgan fingerprint density at radius 3 is 1.97 bits per heavy atom. The quantitative estimate of drug-likeness (QED) is 0.365. The molecule has 4 rings (SSSR count). The van der Waals surface area contributed by atoms with E-state index in [0.717, 1.165) is 37.5 Å². The molecule has 0 aromatic carbocycles. The Morgan fingerprint density at radius 2 is 1.41 bits per heavy atom. The first-order chi connectivity index (χ1) is 15.4. The Labute approximate surface area is 196 Å². The van der Waals surface area contributed by atoms with Crippen molar-refractivity contribution in [1.82, 2.24) is 0 Å². The molecular weight excluding hydrogens is 400 g/mol. The summed E-state index contributed by atoms with van der Waals surface area (Å²) in [4.78, 5) is 0. The van der Waals surface area contributed by atoms with Crippen LogP contribution in [0.4, 0.5) is 0 Å². The highest BCUT2D eigenvalue weighted by molar-refractivity contribution is 5.12. The molecule has 0 radical (unpaired) electrons. The van der Waals surface area contributed by atoms with Crippen LogP contribution in [0.3, 0.4) is 0 Å². The maximum atomic E-state index is 6.37. The van der Waals surface area contributed by atoms with Gasteiger partial charge in [0, 0.05) is 12.8 Å². The number of hydrogen-bond acceptors (Lipinski definition) is 4. The lowest BCUT2D eigenvalue weighted by molar-refractivity contribution is -0.350. The van der Waals surface area contributed by atoms with E-state index >= 15 is 0 Å². The van der Waals surface area contributed by atoms with Gasteiger partial charge in [0.2, 0.25) is 11.6 Å². The van der Waals surface area contributed by atoms with Crippen molar-refractivity contribution in [1.29, 1.82) is 0 Å². The Kier molecular flexibility index (Phi) is 8.19. The summed E-state index contributed by atoms with van der Waals surface area (Å²) in [5, 5.41) is 0. The molecule has 32 heavy (non-hydrogen) atoms. The number of ether oxygens (including phenoxy) is 4. The Hall–Kier alpha value is -0.680. The van der Waals surface area contributed by atoms with Gasteiger partial charge in [-0.3, -0.25) is 0 Å². The fourth-order valence-electron chi connectivity index (χ4n) is 6.23. The third kappa shape index (κ3) is 5.35. The lowest BCUT2D eigenvalue weighted by Crippen LogP contribution is -2.56. The van der Waals surface area contributed by atoms with E-state index in [0.29, 0.717) is 38.3 Å². The zero-order chi connectivity index (χ0) is 22.6. The zero-order valence-electron chi connectivity index (χ0n) is 21.0. The average molecular weight is 447 g/mol. The SMILES string of the molecule is CC(C)C1C=C(CCC2(C3(CCC4=CCCC(C(C)C)C4)OCCO3)OCCO2)CCC1. The van der Waals surface area contributed by atoms with E-state index < -0.39 is 11.6 Å². The molecule has 2 aliphatic heterocycles. The highest BCUT2D eigenvalue weighted by Gasteiger charge is 2.59. The van der Waals surface area contributed by atoms with Crippen molar-refractivity contribution in [2.75, 3.05) is 26.4 Å². The highest BCUT2D eigenvalue weighted by atomic mass is 16.8. The molecule has 0 aromatic rings. The first-order valence-corrected chi connectivity index (χ1v) is 13.4. The summed E-state index contributed by atoms with van der Waals surface area (Å²) in [5.41, 5.74) is 3.13. The maximum Gasteiger partial charge on any atom is 0.224 e. The van der Waals surface area contributed by atoms with Crippen molar-refractivity contribution in [3.8, 4) is 0 Å². The van der Waals surface area contributed by atoms with Gasteiger partial charge >= 0.3 is 0 Å². The van der Waals surface area contributed by atoms with Crippen LogP contribution in [-0.2, 0) is 18.9 Å². The van der Waals surface area contributed by atoms with Gasteiger partial charge < -0.3 is 18.9 Å². The molecule has 2 aliphatic carbocycles. The fourth-order valence-corrected chi connectivity index (χ4v) is 6.23. The molecule has 2 saturated heterocycles. The van der Waals surface area contributed by atoms with Gasteiger partial charge in [-0.15, -0.1) is 0 Å². The van der Waals surface area contributed by atoms with E-state index in [1.165, 1.54) is 38.5 Å². The van der Waals surface area contributed by atoms with Crippen LogP contribution in [0, 0.1) is 23.7 Å². The Balaban J connectivity index is 1.45. The number of rotatable bonds is 9. The first kappa shape index (κ1) is 24.4. The molecule has 4 nitrogen and oxygen atoms in total. The van der Waals surface area contributed by atoms with E-state index in [-0.39, 0.29) is 0 Å². The fraction of sp³-hybridized carbons (Fsp3) is 0.857. The molecule has 0 bridgehead atoms. The molecule has 0 amide bonds. The minimum absolute atomic E-state index is 0.625. The van der Waals surface area contributed by atoms with Gasteiger partial charge in [-0.2, -0.15) is 0 Å². The maximum absolute atomic E-state index is 6.37.